The topological polar surface area (TPSA) is 98.5 Å². The number of carbonyl (C=O) groups is 1. The van der Waals surface area contributed by atoms with E-state index < -0.39 is 6.09 Å². The highest BCUT2D eigenvalue weighted by Crippen LogP contribution is 2.30. The minimum Gasteiger partial charge on any atom is -0.493 e. The summed E-state index contributed by atoms with van der Waals surface area (Å²) in [5.74, 6) is 2.17. The lowest BCUT2D eigenvalue weighted by Gasteiger charge is -2.13. The molecule has 1 saturated carbocycles. The Bertz CT molecular complexity index is 966. The molecule has 4 rings (SSSR count). The minimum atomic E-state index is -1.07. The molecule has 0 saturated heterocycles. The number of hydrogen-bond donors (Lipinski definition) is 2. The van der Waals surface area contributed by atoms with Crippen molar-refractivity contribution >= 4 is 17.1 Å². The maximum absolute atomic E-state index is 10.6. The number of carboxylic acid groups (broad SMARTS) is 1. The Morgan fingerprint density at radius 2 is 1.86 bits per heavy atom. The number of amides is 1. The van der Waals surface area contributed by atoms with Crippen molar-refractivity contribution in [3.05, 3.63) is 42.5 Å². The summed E-state index contributed by atoms with van der Waals surface area (Å²) in [6.45, 7) is 2.76. The van der Waals surface area contributed by atoms with E-state index in [2.05, 4.69) is 15.5 Å². The van der Waals surface area contributed by atoms with Crippen LogP contribution in [-0.2, 0) is 0 Å². The molecule has 1 aliphatic carbocycles. The SMILES string of the molecule is C[C@@H](COc1ccc(-n2nc3ccc(OCC4CC4)cc3n2)cc1)NC(=O)O. The quantitative estimate of drug-likeness (QED) is 0.621. The predicted molar refractivity (Wildman–Crippen MR) is 103 cm³/mol. The van der Waals surface area contributed by atoms with E-state index in [1.54, 1.807) is 23.9 Å². The zero-order valence-electron chi connectivity index (χ0n) is 15.5. The van der Waals surface area contributed by atoms with E-state index in [0.717, 1.165) is 29.1 Å². The molecule has 1 amide bonds. The van der Waals surface area contributed by atoms with Gasteiger partial charge in [0, 0.05) is 6.07 Å². The second-order valence-corrected chi connectivity index (χ2v) is 7.05. The third-order valence-corrected chi connectivity index (χ3v) is 4.47. The highest BCUT2D eigenvalue weighted by Gasteiger charge is 2.22. The number of hydrogen-bond acceptors (Lipinski definition) is 5. The molecule has 146 valence electrons. The molecule has 1 atom stereocenters. The molecule has 1 aromatic heterocycles. The maximum atomic E-state index is 10.6. The normalized spacial score (nSPS) is 14.6. The van der Waals surface area contributed by atoms with E-state index in [0.29, 0.717) is 11.7 Å². The third-order valence-electron chi connectivity index (χ3n) is 4.47. The molecular weight excluding hydrogens is 360 g/mol. The van der Waals surface area contributed by atoms with Gasteiger partial charge in [0.15, 0.2) is 0 Å². The molecule has 3 aromatic rings. The summed E-state index contributed by atoms with van der Waals surface area (Å²) in [7, 11) is 0. The number of aromatic nitrogens is 3. The first-order valence-corrected chi connectivity index (χ1v) is 9.29. The van der Waals surface area contributed by atoms with Crippen molar-refractivity contribution in [1.82, 2.24) is 20.3 Å². The molecule has 1 heterocycles. The van der Waals surface area contributed by atoms with Crippen LogP contribution in [0.1, 0.15) is 19.8 Å². The number of rotatable bonds is 8. The summed E-state index contributed by atoms with van der Waals surface area (Å²) in [6, 6.07) is 12.8. The second kappa shape index (κ2) is 7.75. The number of benzene rings is 2. The summed E-state index contributed by atoms with van der Waals surface area (Å²) >= 11 is 0. The Morgan fingerprint density at radius 1 is 1.14 bits per heavy atom. The number of nitrogens with zero attached hydrogens (tertiary/aromatic N) is 3. The van der Waals surface area contributed by atoms with Crippen molar-refractivity contribution in [3.8, 4) is 17.2 Å². The maximum Gasteiger partial charge on any atom is 0.404 e. The summed E-state index contributed by atoms with van der Waals surface area (Å²) < 4.78 is 11.4. The van der Waals surface area contributed by atoms with Gasteiger partial charge in [-0.2, -0.15) is 4.80 Å². The van der Waals surface area contributed by atoms with E-state index in [9.17, 15) is 4.79 Å². The van der Waals surface area contributed by atoms with Crippen LogP contribution in [-0.4, -0.2) is 45.4 Å². The Morgan fingerprint density at radius 3 is 2.57 bits per heavy atom. The van der Waals surface area contributed by atoms with Crippen LogP contribution in [0.15, 0.2) is 42.5 Å². The van der Waals surface area contributed by atoms with Crippen molar-refractivity contribution < 1.29 is 19.4 Å². The van der Waals surface area contributed by atoms with E-state index >= 15 is 0 Å². The lowest BCUT2D eigenvalue weighted by atomic mass is 10.3. The number of nitrogens with one attached hydrogen (secondary N) is 1. The molecule has 0 radical (unpaired) electrons. The van der Waals surface area contributed by atoms with Gasteiger partial charge in [0.1, 0.15) is 29.1 Å². The van der Waals surface area contributed by atoms with Crippen molar-refractivity contribution in [2.45, 2.75) is 25.8 Å². The molecule has 28 heavy (non-hydrogen) atoms. The van der Waals surface area contributed by atoms with Gasteiger partial charge in [-0.25, -0.2) is 4.79 Å². The fourth-order valence-corrected chi connectivity index (χ4v) is 2.75. The zero-order valence-corrected chi connectivity index (χ0v) is 15.5. The van der Waals surface area contributed by atoms with Crippen LogP contribution in [0.2, 0.25) is 0 Å². The molecule has 0 aliphatic heterocycles. The van der Waals surface area contributed by atoms with Crippen LogP contribution >= 0.6 is 0 Å². The Hall–Kier alpha value is -3.29. The van der Waals surface area contributed by atoms with Crippen LogP contribution in [0.3, 0.4) is 0 Å². The minimum absolute atomic E-state index is 0.249. The second-order valence-electron chi connectivity index (χ2n) is 7.05. The van der Waals surface area contributed by atoms with Crippen molar-refractivity contribution in [3.63, 3.8) is 0 Å². The predicted octanol–water partition coefficient (Wildman–Crippen LogP) is 3.24. The number of ether oxygens (including phenoxy) is 2. The van der Waals surface area contributed by atoms with Gasteiger partial charge in [0.05, 0.1) is 18.3 Å². The lowest BCUT2D eigenvalue weighted by molar-refractivity contribution is 0.183. The molecule has 2 aromatic carbocycles. The molecule has 8 heteroatoms. The van der Waals surface area contributed by atoms with Gasteiger partial charge in [-0.15, -0.1) is 10.2 Å². The summed E-state index contributed by atoms with van der Waals surface area (Å²) in [4.78, 5) is 12.2. The van der Waals surface area contributed by atoms with Gasteiger partial charge in [0.25, 0.3) is 0 Å². The van der Waals surface area contributed by atoms with Crippen molar-refractivity contribution in [1.29, 1.82) is 0 Å². The Balaban J connectivity index is 1.41. The molecule has 0 unspecified atom stereocenters. The Kier molecular flexibility index (Phi) is 5.01. The van der Waals surface area contributed by atoms with Crippen molar-refractivity contribution in [2.24, 2.45) is 5.92 Å². The highest BCUT2D eigenvalue weighted by atomic mass is 16.5. The largest absolute Gasteiger partial charge is 0.493 e. The van der Waals surface area contributed by atoms with Gasteiger partial charge in [-0.05, 0) is 62.1 Å². The van der Waals surface area contributed by atoms with Crippen LogP contribution in [0.4, 0.5) is 4.79 Å². The first-order valence-electron chi connectivity index (χ1n) is 9.29. The first-order chi connectivity index (χ1) is 13.6. The molecule has 8 nitrogen and oxygen atoms in total. The molecular formula is C20H22N4O4. The highest BCUT2D eigenvalue weighted by molar-refractivity contribution is 5.75. The lowest BCUT2D eigenvalue weighted by Crippen LogP contribution is -2.35. The van der Waals surface area contributed by atoms with Crippen molar-refractivity contribution in [2.75, 3.05) is 13.2 Å². The molecule has 1 fully saturated rings. The fraction of sp³-hybridized carbons (Fsp3) is 0.350. The average Bonchev–Trinajstić information content (AvgIpc) is 3.41. The van der Waals surface area contributed by atoms with Gasteiger partial charge in [-0.3, -0.25) is 0 Å². The van der Waals surface area contributed by atoms with Gasteiger partial charge < -0.3 is 19.9 Å². The van der Waals surface area contributed by atoms with E-state index in [4.69, 9.17) is 14.6 Å². The standard InChI is InChI=1S/C20H22N4O4/c1-13(21-20(25)26)11-27-16-6-4-15(5-7-16)24-22-18-9-8-17(10-19(18)23-24)28-12-14-2-3-14/h4-10,13-14,21H,2-3,11-12H2,1H3,(H,25,26)/t13-/m0/s1. The molecule has 0 spiro atoms. The third kappa shape index (κ3) is 4.51. The average molecular weight is 382 g/mol. The molecule has 2 N–H and O–H groups in total. The first kappa shape index (κ1) is 18.1. The van der Waals surface area contributed by atoms with Gasteiger partial charge >= 0.3 is 6.09 Å². The van der Waals surface area contributed by atoms with E-state index in [-0.39, 0.29) is 12.6 Å². The summed E-state index contributed by atoms with van der Waals surface area (Å²) in [5.41, 5.74) is 2.38. The monoisotopic (exact) mass is 382 g/mol. The summed E-state index contributed by atoms with van der Waals surface area (Å²) in [5, 5.41) is 20.1. The zero-order chi connectivity index (χ0) is 19.5. The van der Waals surface area contributed by atoms with E-state index in [1.807, 2.05) is 30.3 Å². The van der Waals surface area contributed by atoms with Gasteiger partial charge in [0.2, 0.25) is 0 Å². The number of fused-ring (bicyclic) bond motifs is 1. The van der Waals surface area contributed by atoms with E-state index in [1.165, 1.54) is 12.8 Å². The van der Waals surface area contributed by atoms with Crippen LogP contribution < -0.4 is 14.8 Å². The molecule has 0 bridgehead atoms. The van der Waals surface area contributed by atoms with Crippen LogP contribution in [0.25, 0.3) is 16.7 Å². The fourth-order valence-electron chi connectivity index (χ4n) is 2.75. The Labute approximate surface area is 162 Å². The summed E-state index contributed by atoms with van der Waals surface area (Å²) in [6.07, 6.45) is 1.45. The smallest absolute Gasteiger partial charge is 0.404 e. The molecule has 1 aliphatic rings. The van der Waals surface area contributed by atoms with Gasteiger partial charge in [-0.1, -0.05) is 0 Å². The van der Waals surface area contributed by atoms with Crippen LogP contribution in [0, 0.1) is 5.92 Å². The van der Waals surface area contributed by atoms with Crippen LogP contribution in [0.5, 0.6) is 11.5 Å².